The van der Waals surface area contributed by atoms with Crippen LogP contribution in [0.25, 0.3) is 0 Å². The molecule has 0 spiro atoms. The van der Waals surface area contributed by atoms with Crippen LogP contribution in [0.1, 0.15) is 78.9 Å². The van der Waals surface area contributed by atoms with Crippen LogP contribution < -0.4 is 0 Å². The van der Waals surface area contributed by atoms with Gasteiger partial charge in [0, 0.05) is 11.1 Å². The lowest BCUT2D eigenvalue weighted by molar-refractivity contribution is -0.00377. The number of hydrogen-bond donors (Lipinski definition) is 0. The Kier molecular flexibility index (Phi) is 8.32. The van der Waals surface area contributed by atoms with Crippen molar-refractivity contribution in [3.63, 3.8) is 0 Å². The van der Waals surface area contributed by atoms with Crippen LogP contribution in [0.5, 0.6) is 0 Å². The second-order valence-electron chi connectivity index (χ2n) is 9.01. The Morgan fingerprint density at radius 2 is 1.48 bits per heavy atom. The number of amides is 2. The van der Waals surface area contributed by atoms with Crippen LogP contribution >= 0.6 is 12.2 Å². The third-order valence-corrected chi connectivity index (χ3v) is 5.51. The van der Waals surface area contributed by atoms with Crippen LogP contribution in [0.4, 0.5) is 0 Å². The van der Waals surface area contributed by atoms with E-state index in [4.69, 9.17) is 4.18 Å². The monoisotopic (exact) mass is 442 g/mol. The van der Waals surface area contributed by atoms with Crippen molar-refractivity contribution in [3.05, 3.63) is 70.3 Å². The Labute approximate surface area is 191 Å². The molecule has 2 rings (SSSR count). The molecule has 168 valence electrons. The van der Waals surface area contributed by atoms with E-state index >= 15 is 0 Å². The zero-order valence-corrected chi connectivity index (χ0v) is 20.7. The molecule has 0 atom stereocenters. The number of aryl methyl sites for hydroxylation is 3. The van der Waals surface area contributed by atoms with E-state index in [9.17, 15) is 9.59 Å². The SMILES string of the molecule is CCc1ccc(C(=O)N(SOC(C)C)N(C(=O)c2cc(C)cc(C)c2)C(C)(C)C)cc1. The summed E-state index contributed by atoms with van der Waals surface area (Å²) in [7, 11) is 0. The lowest BCUT2D eigenvalue weighted by Gasteiger charge is -2.41. The number of hydrazine groups is 1. The first-order valence-electron chi connectivity index (χ1n) is 10.6. The van der Waals surface area contributed by atoms with Gasteiger partial charge in [-0.05, 0) is 84.7 Å². The van der Waals surface area contributed by atoms with Gasteiger partial charge in [0.25, 0.3) is 11.8 Å². The van der Waals surface area contributed by atoms with E-state index in [0.29, 0.717) is 11.1 Å². The smallest absolute Gasteiger partial charge is 0.284 e. The van der Waals surface area contributed by atoms with Crippen molar-refractivity contribution in [1.82, 2.24) is 9.42 Å². The van der Waals surface area contributed by atoms with Gasteiger partial charge in [-0.3, -0.25) is 13.8 Å². The number of rotatable bonds is 6. The molecule has 2 amide bonds. The molecule has 0 aliphatic heterocycles. The van der Waals surface area contributed by atoms with Crippen molar-refractivity contribution in [2.24, 2.45) is 0 Å². The van der Waals surface area contributed by atoms with E-state index in [1.807, 2.05) is 78.8 Å². The quantitative estimate of drug-likeness (QED) is 0.306. The average Bonchev–Trinajstić information content (AvgIpc) is 2.68. The molecular weight excluding hydrogens is 408 g/mol. The Bertz CT molecular complexity index is 897. The molecule has 0 N–H and O–H groups in total. The average molecular weight is 443 g/mol. The van der Waals surface area contributed by atoms with Gasteiger partial charge < -0.3 is 0 Å². The normalized spacial score (nSPS) is 11.5. The molecule has 0 radical (unpaired) electrons. The minimum absolute atomic E-state index is 0.124. The molecule has 0 bridgehead atoms. The summed E-state index contributed by atoms with van der Waals surface area (Å²) >= 11 is 0.898. The van der Waals surface area contributed by atoms with Crippen molar-refractivity contribution in [2.45, 2.75) is 73.5 Å². The Morgan fingerprint density at radius 1 is 0.935 bits per heavy atom. The predicted octanol–water partition coefficient (Wildman–Crippen LogP) is 6.15. The molecule has 2 aromatic carbocycles. The highest BCUT2D eigenvalue weighted by atomic mass is 32.2. The van der Waals surface area contributed by atoms with Crippen LogP contribution in [0, 0.1) is 13.8 Å². The molecule has 5 nitrogen and oxygen atoms in total. The van der Waals surface area contributed by atoms with Gasteiger partial charge in [-0.1, -0.05) is 36.2 Å². The molecule has 0 aliphatic carbocycles. The van der Waals surface area contributed by atoms with Gasteiger partial charge in [0.15, 0.2) is 0 Å². The zero-order valence-electron chi connectivity index (χ0n) is 19.9. The summed E-state index contributed by atoms with van der Waals surface area (Å²) in [4.78, 5) is 27.2. The Morgan fingerprint density at radius 3 is 1.94 bits per heavy atom. The molecular formula is C25H34N2O3S. The summed E-state index contributed by atoms with van der Waals surface area (Å²) < 4.78 is 7.08. The zero-order chi connectivity index (χ0) is 23.3. The van der Waals surface area contributed by atoms with Crippen molar-refractivity contribution < 1.29 is 13.8 Å². The van der Waals surface area contributed by atoms with Crippen LogP contribution in [0.15, 0.2) is 42.5 Å². The van der Waals surface area contributed by atoms with E-state index in [2.05, 4.69) is 6.92 Å². The maximum absolute atomic E-state index is 13.7. The van der Waals surface area contributed by atoms with E-state index in [0.717, 1.165) is 35.3 Å². The topological polar surface area (TPSA) is 49.9 Å². The summed E-state index contributed by atoms with van der Waals surface area (Å²) in [5.41, 5.74) is 3.51. The highest BCUT2D eigenvalue weighted by Crippen LogP contribution is 2.29. The van der Waals surface area contributed by atoms with Gasteiger partial charge in [0.2, 0.25) is 0 Å². The summed E-state index contributed by atoms with van der Waals surface area (Å²) in [5, 5.41) is 1.49. The van der Waals surface area contributed by atoms with Crippen LogP contribution in [0.2, 0.25) is 0 Å². The largest absolute Gasteiger partial charge is 0.293 e. The molecule has 2 aromatic rings. The molecule has 6 heteroatoms. The lowest BCUT2D eigenvalue weighted by Crippen LogP contribution is -2.55. The highest BCUT2D eigenvalue weighted by Gasteiger charge is 2.37. The maximum Gasteiger partial charge on any atom is 0.284 e. The van der Waals surface area contributed by atoms with Crippen molar-refractivity contribution >= 4 is 24.0 Å². The third kappa shape index (κ3) is 6.58. The molecule has 0 saturated heterocycles. The lowest BCUT2D eigenvalue weighted by atomic mass is 10.0. The fourth-order valence-electron chi connectivity index (χ4n) is 3.16. The molecule has 0 heterocycles. The van der Waals surface area contributed by atoms with E-state index in [1.54, 1.807) is 12.1 Å². The number of benzene rings is 2. The van der Waals surface area contributed by atoms with Crippen LogP contribution in [-0.2, 0) is 10.6 Å². The standard InChI is InChI=1S/C25H34N2O3S/c1-9-20-10-12-21(13-11-20)24(29)27(31-30-17(2)3)26(25(6,7)8)23(28)22-15-18(4)14-19(5)16-22/h10-17H,9H2,1-8H3. The molecule has 31 heavy (non-hydrogen) atoms. The Hall–Kier alpha value is -2.31. The van der Waals surface area contributed by atoms with E-state index in [1.165, 1.54) is 9.42 Å². The van der Waals surface area contributed by atoms with Crippen molar-refractivity contribution in [2.75, 3.05) is 0 Å². The van der Waals surface area contributed by atoms with Gasteiger partial charge in [0.1, 0.15) is 12.2 Å². The minimum Gasteiger partial charge on any atom is -0.293 e. The van der Waals surface area contributed by atoms with Crippen LogP contribution in [0.3, 0.4) is 0 Å². The maximum atomic E-state index is 13.7. The van der Waals surface area contributed by atoms with Crippen LogP contribution in [-0.4, -0.2) is 32.9 Å². The van der Waals surface area contributed by atoms with E-state index in [-0.39, 0.29) is 17.9 Å². The molecule has 0 unspecified atom stereocenters. The van der Waals surface area contributed by atoms with Gasteiger partial charge in [-0.2, -0.15) is 4.41 Å². The first-order valence-corrected chi connectivity index (χ1v) is 11.3. The van der Waals surface area contributed by atoms with Crippen molar-refractivity contribution in [3.8, 4) is 0 Å². The summed E-state index contributed by atoms with van der Waals surface area (Å²) in [6, 6.07) is 13.2. The fourth-order valence-corrected chi connectivity index (χ4v) is 3.97. The third-order valence-electron chi connectivity index (χ3n) is 4.57. The summed E-state index contributed by atoms with van der Waals surface area (Å²) in [5.74, 6) is -0.557. The van der Waals surface area contributed by atoms with Crippen molar-refractivity contribution in [1.29, 1.82) is 0 Å². The second-order valence-corrected chi connectivity index (χ2v) is 9.70. The first kappa shape index (κ1) is 25.0. The molecule has 0 aliphatic rings. The summed E-state index contributed by atoms with van der Waals surface area (Å²) in [6.07, 6.45) is 0.767. The number of carbonyl (C=O) groups excluding carboxylic acids is 2. The summed E-state index contributed by atoms with van der Waals surface area (Å²) in [6.45, 7) is 15.5. The number of hydrogen-bond acceptors (Lipinski definition) is 4. The molecule has 0 saturated carbocycles. The molecule has 0 fully saturated rings. The second kappa shape index (κ2) is 10.3. The minimum atomic E-state index is -0.666. The predicted molar refractivity (Wildman–Crippen MR) is 128 cm³/mol. The van der Waals surface area contributed by atoms with Gasteiger partial charge in [-0.25, -0.2) is 5.01 Å². The molecule has 0 aromatic heterocycles. The fraction of sp³-hybridized carbons (Fsp3) is 0.440. The number of carbonyl (C=O) groups is 2. The van der Waals surface area contributed by atoms with Gasteiger partial charge >= 0.3 is 0 Å². The Balaban J connectivity index is 2.53. The van der Waals surface area contributed by atoms with E-state index < -0.39 is 5.54 Å². The van der Waals surface area contributed by atoms with Gasteiger partial charge in [-0.15, -0.1) is 0 Å². The first-order chi connectivity index (χ1) is 14.4. The highest BCUT2D eigenvalue weighted by molar-refractivity contribution is 7.92. The number of nitrogens with zero attached hydrogens (tertiary/aromatic N) is 2. The van der Waals surface area contributed by atoms with Gasteiger partial charge in [0.05, 0.1) is 11.6 Å².